The van der Waals surface area contributed by atoms with Gasteiger partial charge < -0.3 is 9.42 Å². The Morgan fingerprint density at radius 2 is 2.26 bits per heavy atom. The molecule has 0 aromatic carbocycles. The monoisotopic (exact) mass is 393 g/mol. The van der Waals surface area contributed by atoms with Crippen LogP contribution in [-0.4, -0.2) is 64.3 Å². The van der Waals surface area contributed by atoms with Gasteiger partial charge in [-0.25, -0.2) is 8.42 Å². The number of piperidine rings is 1. The minimum Gasteiger partial charge on any atom is -0.340 e. The molecule has 1 atom stereocenters. The molecule has 0 radical (unpaired) electrons. The van der Waals surface area contributed by atoms with E-state index in [0.29, 0.717) is 37.6 Å². The lowest BCUT2D eigenvalue weighted by atomic mass is 10.1. The van der Waals surface area contributed by atoms with Crippen LogP contribution in [0.1, 0.15) is 31.5 Å². The van der Waals surface area contributed by atoms with Crippen molar-refractivity contribution in [1.29, 1.82) is 0 Å². The molecule has 10 heteroatoms. The van der Waals surface area contributed by atoms with Gasteiger partial charge >= 0.3 is 0 Å². The van der Waals surface area contributed by atoms with E-state index in [0.717, 1.165) is 6.42 Å². The second-order valence-electron chi connectivity index (χ2n) is 6.54. The zero-order chi connectivity index (χ0) is 19.4. The first-order chi connectivity index (χ1) is 12.9. The molecule has 3 rings (SSSR count). The van der Waals surface area contributed by atoms with Gasteiger partial charge in [-0.3, -0.25) is 9.78 Å². The first-order valence-electron chi connectivity index (χ1n) is 8.84. The van der Waals surface area contributed by atoms with Crippen molar-refractivity contribution in [2.45, 2.75) is 44.0 Å². The minimum absolute atomic E-state index is 0.0964. The number of aryl methyl sites for hydroxylation is 1. The van der Waals surface area contributed by atoms with Crippen LogP contribution in [0.3, 0.4) is 0 Å². The third-order valence-corrected chi connectivity index (χ3v) is 6.47. The Balaban J connectivity index is 1.71. The Morgan fingerprint density at radius 1 is 1.44 bits per heavy atom. The van der Waals surface area contributed by atoms with Crippen molar-refractivity contribution in [3.05, 3.63) is 36.2 Å². The highest BCUT2D eigenvalue weighted by molar-refractivity contribution is 7.89. The van der Waals surface area contributed by atoms with Gasteiger partial charge in [0.15, 0.2) is 5.82 Å². The minimum atomic E-state index is -3.62. The molecule has 1 amide bonds. The highest BCUT2D eigenvalue weighted by Gasteiger charge is 2.33. The Labute approximate surface area is 158 Å². The van der Waals surface area contributed by atoms with Crippen LogP contribution in [-0.2, 0) is 21.2 Å². The standard InChI is InChI=1S/C17H23N5O4S/c1-13-19-17(20-26-13)7-10-22(14(2)23)15-5-4-9-21(12-15)27(24,25)16-6-3-8-18-11-16/h3,6,8,11,15H,4-5,7,9-10,12H2,1-2H3. The third-order valence-electron chi connectivity index (χ3n) is 4.62. The number of aromatic nitrogens is 3. The average molecular weight is 393 g/mol. The molecule has 0 bridgehead atoms. The summed E-state index contributed by atoms with van der Waals surface area (Å²) in [5.74, 6) is 0.918. The zero-order valence-corrected chi connectivity index (χ0v) is 16.2. The van der Waals surface area contributed by atoms with Crippen LogP contribution in [0.4, 0.5) is 0 Å². The van der Waals surface area contributed by atoms with Gasteiger partial charge in [-0.15, -0.1) is 0 Å². The van der Waals surface area contributed by atoms with E-state index < -0.39 is 10.0 Å². The molecule has 0 aliphatic carbocycles. The summed E-state index contributed by atoms with van der Waals surface area (Å²) in [5, 5.41) is 3.85. The lowest BCUT2D eigenvalue weighted by Gasteiger charge is -2.38. The highest BCUT2D eigenvalue weighted by Crippen LogP contribution is 2.23. The molecule has 1 unspecified atom stereocenters. The number of hydrogen-bond acceptors (Lipinski definition) is 7. The van der Waals surface area contributed by atoms with Crippen molar-refractivity contribution in [2.75, 3.05) is 19.6 Å². The van der Waals surface area contributed by atoms with Crippen molar-refractivity contribution in [2.24, 2.45) is 0 Å². The van der Waals surface area contributed by atoms with Crippen LogP contribution in [0.15, 0.2) is 33.9 Å². The summed E-state index contributed by atoms with van der Waals surface area (Å²) in [6.07, 6.45) is 4.79. The molecule has 1 fully saturated rings. The number of hydrogen-bond donors (Lipinski definition) is 0. The van der Waals surface area contributed by atoms with E-state index in [4.69, 9.17) is 4.52 Å². The van der Waals surface area contributed by atoms with Crippen molar-refractivity contribution in [1.82, 2.24) is 24.3 Å². The van der Waals surface area contributed by atoms with Gasteiger partial charge in [-0.05, 0) is 25.0 Å². The molecule has 9 nitrogen and oxygen atoms in total. The highest BCUT2D eigenvalue weighted by atomic mass is 32.2. The van der Waals surface area contributed by atoms with E-state index in [1.807, 2.05) is 0 Å². The fourth-order valence-electron chi connectivity index (χ4n) is 3.30. The van der Waals surface area contributed by atoms with Crippen molar-refractivity contribution >= 4 is 15.9 Å². The number of rotatable bonds is 6. The van der Waals surface area contributed by atoms with Crippen molar-refractivity contribution < 1.29 is 17.7 Å². The summed E-state index contributed by atoms with van der Waals surface area (Å²) in [4.78, 5) is 22.1. The van der Waals surface area contributed by atoms with Gasteiger partial charge in [0.2, 0.25) is 21.8 Å². The topological polar surface area (TPSA) is 110 Å². The molecule has 3 heterocycles. The van der Waals surface area contributed by atoms with E-state index in [9.17, 15) is 13.2 Å². The van der Waals surface area contributed by atoms with Crippen LogP contribution in [0.2, 0.25) is 0 Å². The van der Waals surface area contributed by atoms with E-state index in [1.165, 1.54) is 29.7 Å². The lowest BCUT2D eigenvalue weighted by molar-refractivity contribution is -0.131. The van der Waals surface area contributed by atoms with Gasteiger partial charge in [0.05, 0.1) is 0 Å². The van der Waals surface area contributed by atoms with Gasteiger partial charge in [0, 0.05) is 58.3 Å². The second kappa shape index (κ2) is 8.13. The summed E-state index contributed by atoms with van der Waals surface area (Å²) in [5.41, 5.74) is 0. The van der Waals surface area contributed by atoms with E-state index in [1.54, 1.807) is 17.9 Å². The smallest absolute Gasteiger partial charge is 0.244 e. The number of amides is 1. The summed E-state index contributed by atoms with van der Waals surface area (Å²) in [7, 11) is -3.62. The van der Waals surface area contributed by atoms with Crippen LogP contribution in [0, 0.1) is 6.92 Å². The number of pyridine rings is 1. The molecular weight excluding hydrogens is 370 g/mol. The fourth-order valence-corrected chi connectivity index (χ4v) is 4.78. The SMILES string of the molecule is CC(=O)N(CCc1noc(C)n1)C1CCCN(S(=O)(=O)c2cccnc2)C1. The normalized spacial score (nSPS) is 18.4. The number of carbonyl (C=O) groups excluding carboxylic acids is 1. The number of sulfonamides is 1. The Morgan fingerprint density at radius 3 is 2.89 bits per heavy atom. The van der Waals surface area contributed by atoms with Gasteiger partial charge in [0.25, 0.3) is 0 Å². The largest absolute Gasteiger partial charge is 0.340 e. The van der Waals surface area contributed by atoms with Crippen LogP contribution in [0.5, 0.6) is 0 Å². The molecule has 146 valence electrons. The molecule has 0 saturated carbocycles. The lowest BCUT2D eigenvalue weighted by Crippen LogP contribution is -2.51. The maximum atomic E-state index is 12.9. The van der Waals surface area contributed by atoms with Gasteiger partial charge in [-0.1, -0.05) is 5.16 Å². The predicted octanol–water partition coefficient (Wildman–Crippen LogP) is 1.02. The molecular formula is C17H23N5O4S. The van der Waals surface area contributed by atoms with Gasteiger partial charge in [0.1, 0.15) is 4.90 Å². The van der Waals surface area contributed by atoms with Crippen molar-refractivity contribution in [3.63, 3.8) is 0 Å². The zero-order valence-electron chi connectivity index (χ0n) is 15.4. The van der Waals surface area contributed by atoms with Crippen LogP contribution < -0.4 is 0 Å². The summed E-state index contributed by atoms with van der Waals surface area (Å²) in [6, 6.07) is 2.95. The number of carbonyl (C=O) groups is 1. The second-order valence-corrected chi connectivity index (χ2v) is 8.48. The van der Waals surface area contributed by atoms with E-state index >= 15 is 0 Å². The van der Waals surface area contributed by atoms with Gasteiger partial charge in [-0.2, -0.15) is 9.29 Å². The molecule has 2 aromatic rings. The first kappa shape index (κ1) is 19.4. The predicted molar refractivity (Wildman–Crippen MR) is 96.1 cm³/mol. The third kappa shape index (κ3) is 4.51. The molecule has 0 spiro atoms. The number of nitrogens with zero attached hydrogens (tertiary/aromatic N) is 5. The molecule has 1 aliphatic heterocycles. The van der Waals surface area contributed by atoms with E-state index in [2.05, 4.69) is 15.1 Å². The van der Waals surface area contributed by atoms with E-state index in [-0.39, 0.29) is 23.4 Å². The van der Waals surface area contributed by atoms with Crippen molar-refractivity contribution in [3.8, 4) is 0 Å². The molecule has 27 heavy (non-hydrogen) atoms. The quantitative estimate of drug-likeness (QED) is 0.720. The summed E-state index contributed by atoms with van der Waals surface area (Å²) < 4.78 is 32.1. The molecule has 1 aliphatic rings. The first-order valence-corrected chi connectivity index (χ1v) is 10.3. The van der Waals surface area contributed by atoms with Crippen LogP contribution in [0.25, 0.3) is 0 Å². The van der Waals surface area contributed by atoms with Crippen LogP contribution >= 0.6 is 0 Å². The molecule has 0 N–H and O–H groups in total. The Bertz CT molecular complexity index is 884. The molecule has 2 aromatic heterocycles. The Kier molecular flexibility index (Phi) is 5.85. The maximum Gasteiger partial charge on any atom is 0.244 e. The maximum absolute atomic E-state index is 12.9. The average Bonchev–Trinajstić information content (AvgIpc) is 3.08. The summed E-state index contributed by atoms with van der Waals surface area (Å²) in [6.45, 7) is 4.32. The summed E-state index contributed by atoms with van der Waals surface area (Å²) >= 11 is 0. The molecule has 1 saturated heterocycles. The Hall–Kier alpha value is -2.33. The fraction of sp³-hybridized carbons (Fsp3) is 0.529.